The Labute approximate surface area is 161 Å². The Balaban J connectivity index is 1.41. The van der Waals surface area contributed by atoms with Crippen molar-refractivity contribution in [1.29, 1.82) is 0 Å². The highest BCUT2D eigenvalue weighted by Crippen LogP contribution is 2.25. The Morgan fingerprint density at radius 2 is 1.86 bits per heavy atom. The quantitative estimate of drug-likeness (QED) is 0.530. The van der Waals surface area contributed by atoms with E-state index in [1.165, 1.54) is 11.9 Å². The first-order valence-corrected chi connectivity index (χ1v) is 8.83. The molecule has 140 valence electrons. The molecule has 0 saturated carbocycles. The summed E-state index contributed by atoms with van der Waals surface area (Å²) in [5.41, 5.74) is 9.84. The zero-order valence-corrected chi connectivity index (χ0v) is 15.3. The third kappa shape index (κ3) is 3.96. The second-order valence-corrected chi connectivity index (χ2v) is 6.26. The number of nitrogen functional groups attached to an aromatic ring is 1. The fourth-order valence-corrected chi connectivity index (χ4v) is 2.82. The first-order valence-electron chi connectivity index (χ1n) is 8.83. The van der Waals surface area contributed by atoms with Crippen molar-refractivity contribution in [2.24, 2.45) is 0 Å². The smallest absolute Gasteiger partial charge is 0.221 e. The molecule has 28 heavy (non-hydrogen) atoms. The summed E-state index contributed by atoms with van der Waals surface area (Å²) in [6, 6.07) is 9.50. The highest BCUT2D eigenvalue weighted by atomic mass is 16.5. The fourth-order valence-electron chi connectivity index (χ4n) is 2.82. The number of fused-ring (bicyclic) bond motifs is 1. The lowest BCUT2D eigenvalue weighted by Gasteiger charge is -2.11. The van der Waals surface area contributed by atoms with Gasteiger partial charge in [0.05, 0.1) is 0 Å². The van der Waals surface area contributed by atoms with Crippen LogP contribution < -0.4 is 15.8 Å². The lowest BCUT2D eigenvalue weighted by Crippen LogP contribution is -2.08. The molecule has 3 N–H and O–H groups in total. The van der Waals surface area contributed by atoms with Crippen molar-refractivity contribution >= 4 is 22.7 Å². The molecule has 0 amide bonds. The lowest BCUT2D eigenvalue weighted by atomic mass is 10.1. The van der Waals surface area contributed by atoms with E-state index in [0.29, 0.717) is 35.1 Å². The van der Waals surface area contributed by atoms with E-state index < -0.39 is 0 Å². The van der Waals surface area contributed by atoms with Crippen LogP contribution in [0.3, 0.4) is 0 Å². The van der Waals surface area contributed by atoms with Crippen molar-refractivity contribution in [1.82, 2.24) is 24.9 Å². The number of benzene rings is 1. The number of nitrogens with two attached hydrogens (primary N) is 1. The molecule has 3 heterocycles. The minimum atomic E-state index is 0.481. The average Bonchev–Trinajstić information content (AvgIpc) is 2.70. The normalized spacial score (nSPS) is 10.8. The molecular weight excluding hydrogens is 354 g/mol. The molecule has 0 aliphatic rings. The van der Waals surface area contributed by atoms with Crippen LogP contribution in [0.4, 0.5) is 11.5 Å². The van der Waals surface area contributed by atoms with Crippen LogP contribution in [-0.4, -0.2) is 31.5 Å². The zero-order valence-electron chi connectivity index (χ0n) is 15.3. The molecule has 3 aromatic heterocycles. The van der Waals surface area contributed by atoms with Crippen molar-refractivity contribution in [2.45, 2.75) is 13.3 Å². The van der Waals surface area contributed by atoms with Crippen LogP contribution in [0.1, 0.15) is 11.1 Å². The van der Waals surface area contributed by atoms with E-state index in [1.807, 2.05) is 19.1 Å². The molecule has 1 aromatic carbocycles. The summed E-state index contributed by atoms with van der Waals surface area (Å²) in [6.45, 7) is 2.71. The molecule has 8 nitrogen and oxygen atoms in total. The first kappa shape index (κ1) is 17.6. The largest absolute Gasteiger partial charge is 0.439 e. The molecule has 0 aliphatic carbocycles. The second-order valence-electron chi connectivity index (χ2n) is 6.26. The van der Waals surface area contributed by atoms with Gasteiger partial charge in [-0.15, -0.1) is 0 Å². The topological polar surface area (TPSA) is 112 Å². The summed E-state index contributed by atoms with van der Waals surface area (Å²) in [6.07, 6.45) is 7.18. The number of nitrogens with one attached hydrogen (secondary N) is 1. The molecule has 0 bridgehead atoms. The zero-order chi connectivity index (χ0) is 19.3. The Morgan fingerprint density at radius 3 is 2.71 bits per heavy atom. The second kappa shape index (κ2) is 7.83. The molecule has 0 saturated heterocycles. The van der Waals surface area contributed by atoms with Gasteiger partial charge in [0.2, 0.25) is 5.88 Å². The van der Waals surface area contributed by atoms with E-state index >= 15 is 0 Å². The summed E-state index contributed by atoms with van der Waals surface area (Å²) in [5.74, 6) is 1.92. The number of aryl methyl sites for hydroxylation is 1. The standard InChI is InChI=1S/C20H19N7O/c1-13-10-14(2-3-16(13)28-17-11-15(21)5-7-22-17)4-6-24-19-18-20(27-12-26-19)25-9-8-23-18/h2-3,5,7-12H,4,6H2,1H3,(H2,21,22)(H,24,25,26,27). The van der Waals surface area contributed by atoms with Crippen LogP contribution in [0, 0.1) is 6.92 Å². The number of ether oxygens (including phenoxy) is 1. The van der Waals surface area contributed by atoms with Gasteiger partial charge in [-0.1, -0.05) is 12.1 Å². The number of anilines is 2. The van der Waals surface area contributed by atoms with Crippen LogP contribution in [0.25, 0.3) is 11.2 Å². The van der Waals surface area contributed by atoms with Gasteiger partial charge in [0.25, 0.3) is 0 Å². The number of pyridine rings is 1. The third-order valence-corrected chi connectivity index (χ3v) is 4.19. The predicted octanol–water partition coefficient (Wildman–Crippen LogP) is 3.15. The summed E-state index contributed by atoms with van der Waals surface area (Å²) < 4.78 is 5.83. The monoisotopic (exact) mass is 373 g/mol. The van der Waals surface area contributed by atoms with Gasteiger partial charge < -0.3 is 15.8 Å². The number of rotatable bonds is 6. The third-order valence-electron chi connectivity index (χ3n) is 4.19. The SMILES string of the molecule is Cc1cc(CCNc2ncnc3nccnc23)ccc1Oc1cc(N)ccn1. The van der Waals surface area contributed by atoms with E-state index in [0.717, 1.165) is 17.7 Å². The highest BCUT2D eigenvalue weighted by molar-refractivity contribution is 5.81. The van der Waals surface area contributed by atoms with Crippen molar-refractivity contribution < 1.29 is 4.74 Å². The molecule has 0 radical (unpaired) electrons. The minimum absolute atomic E-state index is 0.481. The Kier molecular flexibility index (Phi) is 4.92. The number of hydrogen-bond acceptors (Lipinski definition) is 8. The molecule has 0 unspecified atom stereocenters. The fraction of sp³-hybridized carbons (Fsp3) is 0.150. The number of hydrogen-bond donors (Lipinski definition) is 2. The Hall–Kier alpha value is -3.81. The summed E-state index contributed by atoms with van der Waals surface area (Å²) >= 11 is 0. The number of aromatic nitrogens is 5. The molecule has 0 aliphatic heterocycles. The highest BCUT2D eigenvalue weighted by Gasteiger charge is 2.07. The first-order chi connectivity index (χ1) is 13.7. The summed E-state index contributed by atoms with van der Waals surface area (Å²) in [5, 5.41) is 3.31. The minimum Gasteiger partial charge on any atom is -0.439 e. The summed E-state index contributed by atoms with van der Waals surface area (Å²) in [7, 11) is 0. The molecule has 0 fully saturated rings. The van der Waals surface area contributed by atoms with Crippen LogP contribution >= 0.6 is 0 Å². The van der Waals surface area contributed by atoms with Gasteiger partial charge in [0.15, 0.2) is 11.5 Å². The van der Waals surface area contributed by atoms with E-state index in [2.05, 4.69) is 36.3 Å². The van der Waals surface area contributed by atoms with E-state index in [1.54, 1.807) is 30.7 Å². The van der Waals surface area contributed by atoms with Crippen molar-refractivity contribution in [3.8, 4) is 11.6 Å². The van der Waals surface area contributed by atoms with Crippen LogP contribution in [0.5, 0.6) is 11.6 Å². The van der Waals surface area contributed by atoms with Crippen LogP contribution in [0.2, 0.25) is 0 Å². The maximum Gasteiger partial charge on any atom is 0.221 e. The van der Waals surface area contributed by atoms with Crippen LogP contribution in [-0.2, 0) is 6.42 Å². The van der Waals surface area contributed by atoms with E-state index in [4.69, 9.17) is 10.5 Å². The maximum atomic E-state index is 5.83. The van der Waals surface area contributed by atoms with Gasteiger partial charge in [0, 0.05) is 36.9 Å². The van der Waals surface area contributed by atoms with Crippen molar-refractivity contribution in [3.05, 3.63) is 66.4 Å². The van der Waals surface area contributed by atoms with E-state index in [9.17, 15) is 0 Å². The van der Waals surface area contributed by atoms with Gasteiger partial charge >= 0.3 is 0 Å². The molecular formula is C20H19N7O. The summed E-state index contributed by atoms with van der Waals surface area (Å²) in [4.78, 5) is 21.0. The Bertz CT molecular complexity index is 1110. The average molecular weight is 373 g/mol. The maximum absolute atomic E-state index is 5.83. The molecule has 8 heteroatoms. The van der Waals surface area contributed by atoms with Crippen molar-refractivity contribution in [2.75, 3.05) is 17.6 Å². The van der Waals surface area contributed by atoms with Crippen molar-refractivity contribution in [3.63, 3.8) is 0 Å². The van der Waals surface area contributed by atoms with E-state index in [-0.39, 0.29) is 0 Å². The van der Waals surface area contributed by atoms with Gasteiger partial charge in [0.1, 0.15) is 17.6 Å². The van der Waals surface area contributed by atoms with Gasteiger partial charge in [-0.2, -0.15) is 0 Å². The predicted molar refractivity (Wildman–Crippen MR) is 107 cm³/mol. The Morgan fingerprint density at radius 1 is 0.964 bits per heavy atom. The molecule has 0 spiro atoms. The molecule has 4 rings (SSSR count). The number of nitrogens with zero attached hydrogens (tertiary/aromatic N) is 5. The van der Waals surface area contributed by atoms with Crippen LogP contribution in [0.15, 0.2) is 55.2 Å². The molecule has 0 atom stereocenters. The molecule has 4 aromatic rings. The lowest BCUT2D eigenvalue weighted by molar-refractivity contribution is 0.459. The van der Waals surface area contributed by atoms with Gasteiger partial charge in [-0.25, -0.2) is 24.9 Å². The van der Waals surface area contributed by atoms with Gasteiger partial charge in [-0.05, 0) is 36.6 Å². The van der Waals surface area contributed by atoms with Gasteiger partial charge in [-0.3, -0.25) is 0 Å².